The molecule has 0 amide bonds. The van der Waals surface area contributed by atoms with Gasteiger partial charge >= 0.3 is 0 Å². The second-order valence-electron chi connectivity index (χ2n) is 4.45. The summed E-state index contributed by atoms with van der Waals surface area (Å²) in [5.74, 6) is 1.61. The Balaban J connectivity index is 1.88. The number of benzene rings is 1. The molecule has 1 unspecified atom stereocenters. The van der Waals surface area contributed by atoms with E-state index in [0.717, 1.165) is 12.2 Å². The highest BCUT2D eigenvalue weighted by Crippen LogP contribution is 2.17. The highest BCUT2D eigenvalue weighted by molar-refractivity contribution is 5.29. The molecular formula is C15H18O. The van der Waals surface area contributed by atoms with Gasteiger partial charge in [0, 0.05) is 0 Å². The molecule has 0 N–H and O–H groups in total. The Hall–Kier alpha value is -1.50. The normalized spacial score (nSPS) is 19.4. The van der Waals surface area contributed by atoms with Gasteiger partial charge in [-0.1, -0.05) is 42.8 Å². The summed E-state index contributed by atoms with van der Waals surface area (Å²) in [7, 11) is 0. The first-order valence-corrected chi connectivity index (χ1v) is 5.81. The maximum atomic E-state index is 5.72. The largest absolute Gasteiger partial charge is 0.489 e. The van der Waals surface area contributed by atoms with Crippen molar-refractivity contribution < 1.29 is 4.74 Å². The van der Waals surface area contributed by atoms with E-state index in [1.54, 1.807) is 0 Å². The Morgan fingerprint density at radius 1 is 1.25 bits per heavy atom. The van der Waals surface area contributed by atoms with Gasteiger partial charge < -0.3 is 4.74 Å². The van der Waals surface area contributed by atoms with E-state index in [1.807, 2.05) is 12.1 Å². The second kappa shape index (κ2) is 5.02. The Kier molecular flexibility index (Phi) is 3.45. The van der Waals surface area contributed by atoms with Crippen molar-refractivity contribution >= 4 is 0 Å². The Morgan fingerprint density at radius 2 is 2.00 bits per heavy atom. The maximum absolute atomic E-state index is 5.72. The number of rotatable bonds is 3. The van der Waals surface area contributed by atoms with E-state index in [-0.39, 0.29) is 0 Å². The summed E-state index contributed by atoms with van der Waals surface area (Å²) >= 11 is 0. The summed E-state index contributed by atoms with van der Waals surface area (Å²) in [5.41, 5.74) is 2.54. The van der Waals surface area contributed by atoms with Crippen molar-refractivity contribution in [1.82, 2.24) is 0 Å². The first-order valence-electron chi connectivity index (χ1n) is 5.81. The van der Waals surface area contributed by atoms with Crippen LogP contribution < -0.4 is 4.74 Å². The highest BCUT2D eigenvalue weighted by atomic mass is 16.5. The molecule has 1 aromatic carbocycles. The van der Waals surface area contributed by atoms with Crippen LogP contribution in [-0.2, 0) is 0 Å². The summed E-state index contributed by atoms with van der Waals surface area (Å²) in [6, 6.07) is 8.18. The van der Waals surface area contributed by atoms with Crippen LogP contribution in [0.5, 0.6) is 5.75 Å². The van der Waals surface area contributed by atoms with Crippen LogP contribution >= 0.6 is 0 Å². The van der Waals surface area contributed by atoms with Gasteiger partial charge in [0.25, 0.3) is 0 Å². The third-order valence-electron chi connectivity index (χ3n) is 2.82. The lowest BCUT2D eigenvalue weighted by molar-refractivity contribution is 0.354. The zero-order valence-corrected chi connectivity index (χ0v) is 9.94. The Labute approximate surface area is 97.4 Å². The minimum Gasteiger partial charge on any atom is -0.489 e. The Bertz CT molecular complexity index is 398. The van der Waals surface area contributed by atoms with Crippen molar-refractivity contribution in [2.45, 2.75) is 20.3 Å². The Morgan fingerprint density at radius 3 is 2.62 bits per heavy atom. The lowest BCUT2D eigenvalue weighted by Crippen LogP contribution is -2.03. The van der Waals surface area contributed by atoms with E-state index in [4.69, 9.17) is 4.74 Å². The molecule has 0 heterocycles. The van der Waals surface area contributed by atoms with Crippen molar-refractivity contribution in [2.24, 2.45) is 5.92 Å². The monoisotopic (exact) mass is 214 g/mol. The molecule has 1 nitrogen and oxygen atoms in total. The summed E-state index contributed by atoms with van der Waals surface area (Å²) < 4.78 is 5.72. The lowest BCUT2D eigenvalue weighted by Gasteiger charge is -2.12. The molecular weight excluding hydrogens is 196 g/mol. The van der Waals surface area contributed by atoms with Gasteiger partial charge in [0.1, 0.15) is 12.4 Å². The number of ether oxygens (including phenoxy) is 1. The van der Waals surface area contributed by atoms with Crippen LogP contribution in [0.3, 0.4) is 0 Å². The average Bonchev–Trinajstić information content (AvgIpc) is 2.30. The molecule has 2 rings (SSSR count). The molecule has 84 valence electrons. The molecule has 0 aliphatic heterocycles. The van der Waals surface area contributed by atoms with Crippen LogP contribution in [0.25, 0.3) is 0 Å². The van der Waals surface area contributed by atoms with E-state index in [0.29, 0.717) is 12.5 Å². The summed E-state index contributed by atoms with van der Waals surface area (Å²) in [4.78, 5) is 0. The average molecular weight is 214 g/mol. The fourth-order valence-corrected chi connectivity index (χ4v) is 1.68. The standard InChI is InChI=1S/C15H18O/c1-12-3-7-14(8-4-12)11-16-15-9-5-13(2)6-10-15/h3,5-10,12H,4,11H2,1-2H3. The predicted octanol–water partition coefficient (Wildman–Crippen LogP) is 3.90. The minimum atomic E-state index is 0.670. The van der Waals surface area contributed by atoms with Gasteiger partial charge in [0.15, 0.2) is 0 Å². The predicted molar refractivity (Wildman–Crippen MR) is 67.7 cm³/mol. The van der Waals surface area contributed by atoms with Gasteiger partial charge in [0.05, 0.1) is 0 Å². The van der Waals surface area contributed by atoms with Crippen LogP contribution in [0.15, 0.2) is 48.1 Å². The smallest absolute Gasteiger partial charge is 0.119 e. The molecule has 0 aromatic heterocycles. The quantitative estimate of drug-likeness (QED) is 0.741. The molecule has 0 saturated carbocycles. The molecule has 0 spiro atoms. The molecule has 0 fully saturated rings. The van der Waals surface area contributed by atoms with Crippen LogP contribution in [-0.4, -0.2) is 6.61 Å². The zero-order valence-electron chi connectivity index (χ0n) is 9.94. The maximum Gasteiger partial charge on any atom is 0.119 e. The number of hydrogen-bond acceptors (Lipinski definition) is 1. The highest BCUT2D eigenvalue weighted by Gasteiger charge is 2.03. The van der Waals surface area contributed by atoms with Gasteiger partial charge in [-0.3, -0.25) is 0 Å². The van der Waals surface area contributed by atoms with E-state index in [9.17, 15) is 0 Å². The first-order chi connectivity index (χ1) is 7.74. The van der Waals surface area contributed by atoms with Gasteiger partial charge in [-0.05, 0) is 37.0 Å². The fraction of sp³-hybridized carbons (Fsp3) is 0.333. The molecule has 0 bridgehead atoms. The minimum absolute atomic E-state index is 0.670. The molecule has 1 atom stereocenters. The van der Waals surface area contributed by atoms with Crippen molar-refractivity contribution in [3.8, 4) is 5.75 Å². The van der Waals surface area contributed by atoms with Crippen LogP contribution in [0, 0.1) is 12.8 Å². The van der Waals surface area contributed by atoms with Crippen LogP contribution in [0.2, 0.25) is 0 Å². The molecule has 0 saturated heterocycles. The number of aryl methyl sites for hydroxylation is 1. The van der Waals surface area contributed by atoms with Crippen molar-refractivity contribution in [1.29, 1.82) is 0 Å². The van der Waals surface area contributed by atoms with Crippen LogP contribution in [0.1, 0.15) is 18.9 Å². The van der Waals surface area contributed by atoms with E-state index in [1.165, 1.54) is 11.1 Å². The second-order valence-corrected chi connectivity index (χ2v) is 4.45. The molecule has 1 aliphatic carbocycles. The molecule has 0 radical (unpaired) electrons. The molecule has 1 aliphatic rings. The van der Waals surface area contributed by atoms with Gasteiger partial charge in [-0.2, -0.15) is 0 Å². The molecule has 1 heteroatoms. The summed E-state index contributed by atoms with van der Waals surface area (Å²) in [6.45, 7) is 4.98. The van der Waals surface area contributed by atoms with E-state index >= 15 is 0 Å². The van der Waals surface area contributed by atoms with E-state index < -0.39 is 0 Å². The summed E-state index contributed by atoms with van der Waals surface area (Å²) in [6.07, 6.45) is 7.80. The molecule has 16 heavy (non-hydrogen) atoms. The van der Waals surface area contributed by atoms with Crippen molar-refractivity contribution in [2.75, 3.05) is 6.61 Å². The van der Waals surface area contributed by atoms with Crippen LogP contribution in [0.4, 0.5) is 0 Å². The SMILES string of the molecule is Cc1ccc(OCC2=CCC(C)C=C2)cc1. The van der Waals surface area contributed by atoms with Crippen molar-refractivity contribution in [3.63, 3.8) is 0 Å². The summed E-state index contributed by atoms with van der Waals surface area (Å²) in [5, 5.41) is 0. The number of hydrogen-bond donors (Lipinski definition) is 0. The zero-order chi connectivity index (χ0) is 11.4. The topological polar surface area (TPSA) is 9.23 Å². The third kappa shape index (κ3) is 2.99. The van der Waals surface area contributed by atoms with E-state index in [2.05, 4.69) is 44.2 Å². The first kappa shape index (κ1) is 11.0. The van der Waals surface area contributed by atoms with Gasteiger partial charge in [-0.25, -0.2) is 0 Å². The number of allylic oxidation sites excluding steroid dienone is 2. The van der Waals surface area contributed by atoms with Crippen molar-refractivity contribution in [3.05, 3.63) is 53.6 Å². The van der Waals surface area contributed by atoms with Gasteiger partial charge in [-0.15, -0.1) is 0 Å². The molecule has 1 aromatic rings. The third-order valence-corrected chi connectivity index (χ3v) is 2.82. The fourth-order valence-electron chi connectivity index (χ4n) is 1.68. The lowest BCUT2D eigenvalue weighted by atomic mass is 9.99. The van der Waals surface area contributed by atoms with Gasteiger partial charge in [0.2, 0.25) is 0 Å².